The quantitative estimate of drug-likeness (QED) is 0.830. The normalized spacial score (nSPS) is 13.4. The van der Waals surface area contributed by atoms with Crippen LogP contribution in [0.25, 0.3) is 0 Å². The van der Waals surface area contributed by atoms with E-state index in [0.29, 0.717) is 24.8 Å². The maximum absolute atomic E-state index is 12.2. The molecule has 1 aromatic rings. The van der Waals surface area contributed by atoms with Crippen LogP contribution in [-0.2, 0) is 5.54 Å². The number of hydrogen-bond acceptors (Lipinski definition) is 4. The Kier molecular flexibility index (Phi) is 4.90. The van der Waals surface area contributed by atoms with Crippen molar-refractivity contribution in [3.63, 3.8) is 0 Å². The van der Waals surface area contributed by atoms with E-state index in [0.717, 1.165) is 6.42 Å². The van der Waals surface area contributed by atoms with Gasteiger partial charge in [-0.25, -0.2) is 4.98 Å². The van der Waals surface area contributed by atoms with Crippen molar-refractivity contribution in [1.82, 2.24) is 9.55 Å². The first-order chi connectivity index (χ1) is 8.36. The van der Waals surface area contributed by atoms with Crippen LogP contribution in [0.5, 0.6) is 0 Å². The molecule has 0 saturated carbocycles. The van der Waals surface area contributed by atoms with E-state index in [1.165, 1.54) is 0 Å². The Hall–Kier alpha value is -1.36. The Morgan fingerprint density at radius 3 is 2.72 bits per heavy atom. The molecule has 0 radical (unpaired) electrons. The third-order valence-corrected chi connectivity index (χ3v) is 2.84. The van der Waals surface area contributed by atoms with Gasteiger partial charge >= 0.3 is 0 Å². The zero-order valence-electron chi connectivity index (χ0n) is 11.7. The Bertz CT molecular complexity index is 433. The van der Waals surface area contributed by atoms with Gasteiger partial charge < -0.3 is 15.6 Å². The average molecular weight is 252 g/mol. The maximum Gasteiger partial charge on any atom is 0.293 e. The molecular formula is C13H24N4O. The second-order valence-corrected chi connectivity index (χ2v) is 5.69. The fraction of sp³-hybridized carbons (Fsp3) is 0.692. The molecule has 1 atom stereocenters. The highest BCUT2D eigenvalue weighted by atomic mass is 16.1. The van der Waals surface area contributed by atoms with Gasteiger partial charge in [-0.2, -0.15) is 0 Å². The molecule has 1 rings (SSSR count). The van der Waals surface area contributed by atoms with Crippen LogP contribution in [-0.4, -0.2) is 22.6 Å². The fourth-order valence-electron chi connectivity index (χ4n) is 1.72. The van der Waals surface area contributed by atoms with E-state index in [4.69, 9.17) is 5.73 Å². The zero-order valence-corrected chi connectivity index (χ0v) is 11.7. The van der Waals surface area contributed by atoms with Crippen LogP contribution in [0.15, 0.2) is 17.2 Å². The van der Waals surface area contributed by atoms with E-state index in [1.54, 1.807) is 17.0 Å². The van der Waals surface area contributed by atoms with Gasteiger partial charge in [-0.3, -0.25) is 4.79 Å². The van der Waals surface area contributed by atoms with Crippen molar-refractivity contribution in [3.8, 4) is 0 Å². The summed E-state index contributed by atoms with van der Waals surface area (Å²) in [5.41, 5.74) is 5.18. The van der Waals surface area contributed by atoms with Gasteiger partial charge in [-0.1, -0.05) is 6.92 Å². The van der Waals surface area contributed by atoms with Crippen molar-refractivity contribution in [2.75, 3.05) is 18.4 Å². The van der Waals surface area contributed by atoms with Crippen molar-refractivity contribution >= 4 is 5.82 Å². The second kappa shape index (κ2) is 6.00. The highest BCUT2D eigenvalue weighted by Gasteiger charge is 2.16. The predicted octanol–water partition coefficient (Wildman–Crippen LogP) is 1.40. The van der Waals surface area contributed by atoms with Crippen molar-refractivity contribution in [2.45, 2.75) is 39.7 Å². The molecule has 102 valence electrons. The highest BCUT2D eigenvalue weighted by Crippen LogP contribution is 2.11. The molecule has 1 aromatic heterocycles. The summed E-state index contributed by atoms with van der Waals surface area (Å²) in [6.45, 7) is 9.47. The number of aromatic nitrogens is 2. The van der Waals surface area contributed by atoms with Crippen molar-refractivity contribution in [3.05, 3.63) is 22.7 Å². The molecule has 1 unspecified atom stereocenters. The number of nitrogens with two attached hydrogens (primary N) is 1. The van der Waals surface area contributed by atoms with Crippen LogP contribution in [0.3, 0.4) is 0 Å². The number of rotatable bonds is 5. The van der Waals surface area contributed by atoms with E-state index in [-0.39, 0.29) is 11.1 Å². The molecule has 5 nitrogen and oxygen atoms in total. The molecule has 0 saturated heterocycles. The Morgan fingerprint density at radius 2 is 2.17 bits per heavy atom. The molecule has 0 amide bonds. The van der Waals surface area contributed by atoms with Gasteiger partial charge in [0.2, 0.25) is 0 Å². The van der Waals surface area contributed by atoms with Gasteiger partial charge in [0.15, 0.2) is 5.82 Å². The average Bonchev–Trinajstić information content (AvgIpc) is 2.26. The van der Waals surface area contributed by atoms with Crippen molar-refractivity contribution in [1.29, 1.82) is 0 Å². The van der Waals surface area contributed by atoms with Crippen LogP contribution in [0.4, 0.5) is 5.82 Å². The molecule has 0 fully saturated rings. The lowest BCUT2D eigenvalue weighted by molar-refractivity contribution is 0.383. The van der Waals surface area contributed by atoms with Crippen LogP contribution < -0.4 is 16.6 Å². The summed E-state index contributed by atoms with van der Waals surface area (Å²) in [5, 5.41) is 3.11. The van der Waals surface area contributed by atoms with E-state index in [2.05, 4.69) is 17.2 Å². The Labute approximate surface area is 108 Å². The number of anilines is 1. The molecule has 0 aliphatic carbocycles. The second-order valence-electron chi connectivity index (χ2n) is 5.69. The molecule has 3 N–H and O–H groups in total. The van der Waals surface area contributed by atoms with Crippen LogP contribution in [0, 0.1) is 5.92 Å². The summed E-state index contributed by atoms with van der Waals surface area (Å²) >= 11 is 0. The smallest absolute Gasteiger partial charge is 0.293 e. The van der Waals surface area contributed by atoms with Gasteiger partial charge in [-0.05, 0) is 39.7 Å². The molecule has 0 spiro atoms. The van der Waals surface area contributed by atoms with Crippen LogP contribution in [0.2, 0.25) is 0 Å². The van der Waals surface area contributed by atoms with E-state index in [9.17, 15) is 4.79 Å². The van der Waals surface area contributed by atoms with Gasteiger partial charge in [0.1, 0.15) is 0 Å². The third-order valence-electron chi connectivity index (χ3n) is 2.84. The molecule has 5 heteroatoms. The number of nitrogens with one attached hydrogen (secondary N) is 1. The summed E-state index contributed by atoms with van der Waals surface area (Å²) in [6, 6.07) is 0. The minimum Gasteiger partial charge on any atom is -0.365 e. The highest BCUT2D eigenvalue weighted by molar-refractivity contribution is 5.31. The lowest BCUT2D eigenvalue weighted by Crippen LogP contribution is -2.35. The van der Waals surface area contributed by atoms with E-state index < -0.39 is 0 Å². The van der Waals surface area contributed by atoms with Crippen molar-refractivity contribution in [2.24, 2.45) is 11.7 Å². The Balaban J connectivity index is 2.82. The summed E-state index contributed by atoms with van der Waals surface area (Å²) in [5.74, 6) is 0.843. The number of nitrogens with zero attached hydrogens (tertiary/aromatic N) is 2. The SMILES string of the molecule is CC(CCN)CNc1nccn(C(C)(C)C)c1=O. The molecule has 0 bridgehead atoms. The van der Waals surface area contributed by atoms with Crippen molar-refractivity contribution < 1.29 is 0 Å². The lowest BCUT2D eigenvalue weighted by atomic mass is 10.1. The topological polar surface area (TPSA) is 72.9 Å². The monoisotopic (exact) mass is 252 g/mol. The molecule has 0 aliphatic rings. The minimum atomic E-state index is -0.237. The largest absolute Gasteiger partial charge is 0.365 e. The summed E-state index contributed by atoms with van der Waals surface area (Å²) < 4.78 is 1.69. The van der Waals surface area contributed by atoms with E-state index in [1.807, 2.05) is 20.8 Å². The molecule has 0 aliphatic heterocycles. The molecule has 0 aromatic carbocycles. The zero-order chi connectivity index (χ0) is 13.8. The summed E-state index contributed by atoms with van der Waals surface area (Å²) in [4.78, 5) is 16.3. The molecule has 18 heavy (non-hydrogen) atoms. The third kappa shape index (κ3) is 3.84. The van der Waals surface area contributed by atoms with Crippen LogP contribution in [0.1, 0.15) is 34.1 Å². The van der Waals surface area contributed by atoms with Gasteiger partial charge in [-0.15, -0.1) is 0 Å². The maximum atomic E-state index is 12.2. The van der Waals surface area contributed by atoms with Crippen LogP contribution >= 0.6 is 0 Å². The summed E-state index contributed by atoms with van der Waals surface area (Å²) in [6.07, 6.45) is 4.31. The lowest BCUT2D eigenvalue weighted by Gasteiger charge is -2.22. The summed E-state index contributed by atoms with van der Waals surface area (Å²) in [7, 11) is 0. The molecular weight excluding hydrogens is 228 g/mol. The fourth-order valence-corrected chi connectivity index (χ4v) is 1.72. The van der Waals surface area contributed by atoms with E-state index >= 15 is 0 Å². The first-order valence-corrected chi connectivity index (χ1v) is 6.38. The number of hydrogen-bond donors (Lipinski definition) is 2. The van der Waals surface area contributed by atoms with Gasteiger partial charge in [0.25, 0.3) is 5.56 Å². The Morgan fingerprint density at radius 1 is 1.50 bits per heavy atom. The minimum absolute atomic E-state index is 0.0788. The predicted molar refractivity (Wildman–Crippen MR) is 74.8 cm³/mol. The first kappa shape index (κ1) is 14.7. The molecule has 1 heterocycles. The van der Waals surface area contributed by atoms with Gasteiger partial charge in [0.05, 0.1) is 0 Å². The standard InChI is InChI=1S/C13H24N4O/c1-10(5-6-14)9-16-11-12(18)17(8-7-15-11)13(2,3)4/h7-8,10H,5-6,9,14H2,1-4H3,(H,15,16). The van der Waals surface area contributed by atoms with Gasteiger partial charge in [0, 0.05) is 24.5 Å². The first-order valence-electron chi connectivity index (χ1n) is 6.38.